The molecule has 4 nitrogen and oxygen atoms in total. The Labute approximate surface area is 155 Å². The highest BCUT2D eigenvalue weighted by Crippen LogP contribution is 2.21. The molecule has 4 heteroatoms. The number of nitrogens with zero attached hydrogens (tertiary/aromatic N) is 3. The maximum Gasteiger partial charge on any atom is 0.227 e. The first-order valence-corrected chi connectivity index (χ1v) is 9.08. The second kappa shape index (κ2) is 8.48. The SMILES string of the molecule is CC(Nc1ccnc(N(Cc2ccccc2)C(C)C)n1)c1ccccc1. The van der Waals surface area contributed by atoms with Gasteiger partial charge in [-0.1, -0.05) is 60.7 Å². The summed E-state index contributed by atoms with van der Waals surface area (Å²) in [6.45, 7) is 7.26. The molecule has 3 aromatic rings. The Kier molecular flexibility index (Phi) is 5.84. The van der Waals surface area contributed by atoms with Crippen molar-refractivity contribution in [2.75, 3.05) is 10.2 Å². The highest BCUT2D eigenvalue weighted by Gasteiger charge is 2.15. The second-order valence-corrected chi connectivity index (χ2v) is 6.73. The van der Waals surface area contributed by atoms with Crippen LogP contribution in [-0.4, -0.2) is 16.0 Å². The van der Waals surface area contributed by atoms with Gasteiger partial charge in [-0.3, -0.25) is 0 Å². The second-order valence-electron chi connectivity index (χ2n) is 6.73. The fourth-order valence-electron chi connectivity index (χ4n) is 2.88. The number of nitrogens with one attached hydrogen (secondary N) is 1. The van der Waals surface area contributed by atoms with Crippen LogP contribution in [0.1, 0.15) is 37.9 Å². The summed E-state index contributed by atoms with van der Waals surface area (Å²) in [6.07, 6.45) is 1.82. The van der Waals surface area contributed by atoms with E-state index in [2.05, 4.69) is 84.5 Å². The van der Waals surface area contributed by atoms with Crippen LogP contribution in [0.3, 0.4) is 0 Å². The fourth-order valence-corrected chi connectivity index (χ4v) is 2.88. The summed E-state index contributed by atoms with van der Waals surface area (Å²) in [6, 6.07) is 23.2. The molecule has 0 radical (unpaired) electrons. The molecule has 3 rings (SSSR count). The van der Waals surface area contributed by atoms with Gasteiger partial charge < -0.3 is 10.2 Å². The molecule has 0 bridgehead atoms. The van der Waals surface area contributed by atoms with Gasteiger partial charge in [0.15, 0.2) is 0 Å². The Morgan fingerprint density at radius 3 is 2.19 bits per heavy atom. The van der Waals surface area contributed by atoms with Crippen molar-refractivity contribution >= 4 is 11.8 Å². The summed E-state index contributed by atoms with van der Waals surface area (Å²) >= 11 is 0. The lowest BCUT2D eigenvalue weighted by Crippen LogP contribution is -2.31. The molecule has 1 heterocycles. The summed E-state index contributed by atoms with van der Waals surface area (Å²) in [5, 5.41) is 3.48. The van der Waals surface area contributed by atoms with Crippen LogP contribution in [0.15, 0.2) is 72.9 Å². The van der Waals surface area contributed by atoms with E-state index in [1.165, 1.54) is 11.1 Å². The number of anilines is 2. The lowest BCUT2D eigenvalue weighted by molar-refractivity contribution is 0.660. The highest BCUT2D eigenvalue weighted by atomic mass is 15.3. The third-order valence-electron chi connectivity index (χ3n) is 4.38. The zero-order valence-electron chi connectivity index (χ0n) is 15.6. The smallest absolute Gasteiger partial charge is 0.227 e. The largest absolute Gasteiger partial charge is 0.363 e. The normalized spacial score (nSPS) is 12.0. The summed E-state index contributed by atoms with van der Waals surface area (Å²) in [7, 11) is 0. The van der Waals surface area contributed by atoms with Gasteiger partial charge in [0, 0.05) is 24.8 Å². The average molecular weight is 346 g/mol. The minimum absolute atomic E-state index is 0.181. The molecule has 0 aliphatic rings. The molecule has 0 fully saturated rings. The van der Waals surface area contributed by atoms with Crippen LogP contribution < -0.4 is 10.2 Å². The van der Waals surface area contributed by atoms with Crippen molar-refractivity contribution in [1.82, 2.24) is 9.97 Å². The van der Waals surface area contributed by atoms with Crippen LogP contribution in [0.4, 0.5) is 11.8 Å². The zero-order valence-corrected chi connectivity index (χ0v) is 15.6. The maximum atomic E-state index is 4.76. The third kappa shape index (κ3) is 4.60. The predicted molar refractivity (Wildman–Crippen MR) is 108 cm³/mol. The maximum absolute atomic E-state index is 4.76. The standard InChI is InChI=1S/C22H26N4/c1-17(2)26(16-19-10-6-4-7-11-19)22-23-15-14-21(25-22)24-18(3)20-12-8-5-9-13-20/h4-15,17-18H,16H2,1-3H3,(H,23,24,25). The lowest BCUT2D eigenvalue weighted by Gasteiger charge is -2.27. The Morgan fingerprint density at radius 1 is 0.885 bits per heavy atom. The van der Waals surface area contributed by atoms with Crippen molar-refractivity contribution in [3.8, 4) is 0 Å². The molecular formula is C22H26N4. The van der Waals surface area contributed by atoms with Crippen LogP contribution >= 0.6 is 0 Å². The Hall–Kier alpha value is -2.88. The van der Waals surface area contributed by atoms with Gasteiger partial charge in [-0.05, 0) is 38.0 Å². The molecule has 0 aliphatic carbocycles. The molecule has 1 N–H and O–H groups in total. The number of hydrogen-bond donors (Lipinski definition) is 1. The molecule has 1 unspecified atom stereocenters. The van der Waals surface area contributed by atoms with E-state index in [9.17, 15) is 0 Å². The molecule has 1 atom stereocenters. The van der Waals surface area contributed by atoms with E-state index in [4.69, 9.17) is 4.98 Å². The molecule has 0 saturated carbocycles. The molecule has 2 aromatic carbocycles. The van der Waals surface area contributed by atoms with Gasteiger partial charge in [0.25, 0.3) is 0 Å². The van der Waals surface area contributed by atoms with Crippen LogP contribution in [0.5, 0.6) is 0 Å². The summed E-state index contributed by atoms with van der Waals surface area (Å²) in [5.74, 6) is 1.58. The Morgan fingerprint density at radius 2 is 1.54 bits per heavy atom. The molecule has 134 valence electrons. The average Bonchev–Trinajstić information content (AvgIpc) is 2.67. The summed E-state index contributed by atoms with van der Waals surface area (Å²) in [5.41, 5.74) is 2.48. The van der Waals surface area contributed by atoms with Gasteiger partial charge in [0.1, 0.15) is 5.82 Å². The van der Waals surface area contributed by atoms with E-state index in [0.29, 0.717) is 6.04 Å². The van der Waals surface area contributed by atoms with E-state index in [-0.39, 0.29) is 6.04 Å². The van der Waals surface area contributed by atoms with Gasteiger partial charge in [0.2, 0.25) is 5.95 Å². The molecule has 1 aromatic heterocycles. The van der Waals surface area contributed by atoms with Gasteiger partial charge in [0.05, 0.1) is 0 Å². The third-order valence-corrected chi connectivity index (χ3v) is 4.38. The molecule has 0 aliphatic heterocycles. The molecular weight excluding hydrogens is 320 g/mol. The minimum Gasteiger partial charge on any atom is -0.363 e. The molecule has 0 saturated heterocycles. The van der Waals surface area contributed by atoms with Gasteiger partial charge >= 0.3 is 0 Å². The van der Waals surface area contributed by atoms with E-state index in [0.717, 1.165) is 18.3 Å². The van der Waals surface area contributed by atoms with Crippen molar-refractivity contribution in [2.45, 2.75) is 39.4 Å². The highest BCUT2D eigenvalue weighted by molar-refractivity contribution is 5.44. The van der Waals surface area contributed by atoms with Gasteiger partial charge in [-0.2, -0.15) is 4.98 Å². The van der Waals surface area contributed by atoms with E-state index in [1.807, 2.05) is 24.4 Å². The zero-order chi connectivity index (χ0) is 18.4. The van der Waals surface area contributed by atoms with E-state index in [1.54, 1.807) is 0 Å². The number of aromatic nitrogens is 2. The first-order chi connectivity index (χ1) is 12.6. The van der Waals surface area contributed by atoms with Crippen molar-refractivity contribution in [3.05, 3.63) is 84.1 Å². The lowest BCUT2D eigenvalue weighted by atomic mass is 10.1. The molecule has 0 amide bonds. The van der Waals surface area contributed by atoms with E-state index >= 15 is 0 Å². The van der Waals surface area contributed by atoms with Crippen molar-refractivity contribution in [2.24, 2.45) is 0 Å². The van der Waals surface area contributed by atoms with Crippen LogP contribution in [0, 0.1) is 0 Å². The van der Waals surface area contributed by atoms with E-state index < -0.39 is 0 Å². The first kappa shape index (κ1) is 17.9. The monoisotopic (exact) mass is 346 g/mol. The minimum atomic E-state index is 0.181. The number of benzene rings is 2. The van der Waals surface area contributed by atoms with Crippen molar-refractivity contribution in [3.63, 3.8) is 0 Å². The van der Waals surface area contributed by atoms with Gasteiger partial charge in [-0.15, -0.1) is 0 Å². The molecule has 26 heavy (non-hydrogen) atoms. The fraction of sp³-hybridized carbons (Fsp3) is 0.273. The number of hydrogen-bond acceptors (Lipinski definition) is 4. The molecule has 0 spiro atoms. The van der Waals surface area contributed by atoms with Crippen molar-refractivity contribution in [1.29, 1.82) is 0 Å². The first-order valence-electron chi connectivity index (χ1n) is 9.08. The van der Waals surface area contributed by atoms with Crippen molar-refractivity contribution < 1.29 is 0 Å². The van der Waals surface area contributed by atoms with Crippen LogP contribution in [0.2, 0.25) is 0 Å². The predicted octanol–water partition coefficient (Wildman–Crippen LogP) is 5.06. The van der Waals surface area contributed by atoms with Crippen LogP contribution in [-0.2, 0) is 6.54 Å². The Balaban J connectivity index is 1.78. The van der Waals surface area contributed by atoms with Crippen LogP contribution in [0.25, 0.3) is 0 Å². The summed E-state index contributed by atoms with van der Waals surface area (Å²) < 4.78 is 0. The van der Waals surface area contributed by atoms with Gasteiger partial charge in [-0.25, -0.2) is 4.98 Å². The quantitative estimate of drug-likeness (QED) is 0.649. The summed E-state index contributed by atoms with van der Waals surface area (Å²) in [4.78, 5) is 11.5. The topological polar surface area (TPSA) is 41.1 Å². The number of rotatable bonds is 7. The Bertz CT molecular complexity index is 803.